The Bertz CT molecular complexity index is 1780. The number of carbonyl (C=O) groups excluding carboxylic acids is 4. The number of carbonyl (C=O) groups is 4. The number of rotatable bonds is 68. The molecule has 0 rings (SSSR count). The topological polar surface area (TPSA) is 237 Å². The molecule has 0 aliphatic rings. The molecule has 4 unspecified atom stereocenters. The number of unbranched alkanes of at least 4 members (excludes halogenated alkanes) is 33. The van der Waals surface area contributed by atoms with Crippen LogP contribution in [0.4, 0.5) is 0 Å². The summed E-state index contributed by atoms with van der Waals surface area (Å²) in [5.74, 6) is 0.837. The van der Waals surface area contributed by atoms with Crippen molar-refractivity contribution in [3.63, 3.8) is 0 Å². The van der Waals surface area contributed by atoms with E-state index in [0.29, 0.717) is 31.6 Å². The van der Waals surface area contributed by atoms with E-state index in [1.54, 1.807) is 0 Å². The summed E-state index contributed by atoms with van der Waals surface area (Å²) in [6.07, 6.45) is 43.3. The van der Waals surface area contributed by atoms with E-state index in [0.717, 1.165) is 108 Å². The molecule has 534 valence electrons. The first kappa shape index (κ1) is 88.1. The van der Waals surface area contributed by atoms with Gasteiger partial charge in [-0.1, -0.05) is 299 Å². The third kappa shape index (κ3) is 63.5. The van der Waals surface area contributed by atoms with E-state index in [9.17, 15) is 43.2 Å². The van der Waals surface area contributed by atoms with Gasteiger partial charge >= 0.3 is 39.5 Å². The highest BCUT2D eigenvalue weighted by Gasteiger charge is 2.30. The minimum absolute atomic E-state index is 0.102. The molecule has 0 bridgehead atoms. The standard InChI is InChI=1S/C71H138O17P2/c1-9-64(8)50-42-34-25-20-22-28-37-45-53-70(75)87-66(57-82-69(74)52-44-36-27-21-19-24-32-40-48-62(4)5)59-85-89(77,78)83-55-65(72)56-84-90(79,80)86-60-67(88-71(76)54-46-38-30-29-33-41-49-63(6)7)58-81-68(73)51-43-35-26-18-16-14-12-10-11-13-15-17-23-31-39-47-61(2)3/h61-67,72H,9-60H2,1-8H3,(H,77,78)(H,79,80)/t64?,65?,66-,67-/m1/s1. The van der Waals surface area contributed by atoms with Crippen LogP contribution >= 0.6 is 15.6 Å². The minimum Gasteiger partial charge on any atom is -0.462 e. The normalized spacial score (nSPS) is 14.6. The van der Waals surface area contributed by atoms with E-state index < -0.39 is 97.5 Å². The molecule has 6 atom stereocenters. The summed E-state index contributed by atoms with van der Waals surface area (Å²) in [7, 11) is -9.90. The number of ether oxygens (including phenoxy) is 4. The lowest BCUT2D eigenvalue weighted by molar-refractivity contribution is -0.161. The molecular weight excluding hydrogens is 1190 g/mol. The Balaban J connectivity index is 5.18. The fraction of sp³-hybridized carbons (Fsp3) is 0.944. The monoisotopic (exact) mass is 1320 g/mol. The molecule has 19 heteroatoms. The summed E-state index contributed by atoms with van der Waals surface area (Å²) in [6.45, 7) is 14.1. The number of aliphatic hydroxyl groups is 1. The van der Waals surface area contributed by atoms with E-state index in [4.69, 9.17) is 37.0 Å². The predicted molar refractivity (Wildman–Crippen MR) is 363 cm³/mol. The Labute approximate surface area is 549 Å². The van der Waals surface area contributed by atoms with Crippen LogP contribution in [0.2, 0.25) is 0 Å². The highest BCUT2D eigenvalue weighted by molar-refractivity contribution is 7.47. The molecule has 0 aromatic heterocycles. The van der Waals surface area contributed by atoms with Gasteiger partial charge in [-0.2, -0.15) is 0 Å². The van der Waals surface area contributed by atoms with E-state index >= 15 is 0 Å². The van der Waals surface area contributed by atoms with Gasteiger partial charge in [0, 0.05) is 25.7 Å². The fourth-order valence-electron chi connectivity index (χ4n) is 10.6. The first-order valence-electron chi connectivity index (χ1n) is 36.7. The molecule has 0 aliphatic carbocycles. The Morgan fingerprint density at radius 1 is 0.311 bits per heavy atom. The lowest BCUT2D eigenvalue weighted by Crippen LogP contribution is -2.30. The van der Waals surface area contributed by atoms with Crippen molar-refractivity contribution in [2.45, 2.75) is 369 Å². The van der Waals surface area contributed by atoms with Gasteiger partial charge in [-0.15, -0.1) is 0 Å². The Morgan fingerprint density at radius 2 is 0.533 bits per heavy atom. The lowest BCUT2D eigenvalue weighted by Gasteiger charge is -2.21. The van der Waals surface area contributed by atoms with E-state index in [2.05, 4.69) is 55.4 Å². The van der Waals surface area contributed by atoms with Crippen molar-refractivity contribution in [3.05, 3.63) is 0 Å². The van der Waals surface area contributed by atoms with Crippen LogP contribution in [0.3, 0.4) is 0 Å². The molecule has 0 aliphatic heterocycles. The number of phosphoric acid groups is 2. The number of hydrogen-bond acceptors (Lipinski definition) is 15. The summed E-state index contributed by atoms with van der Waals surface area (Å²) in [5.41, 5.74) is 0. The molecular formula is C71H138O17P2. The highest BCUT2D eigenvalue weighted by Crippen LogP contribution is 2.45. The summed E-state index contributed by atoms with van der Waals surface area (Å²) in [6, 6.07) is 0. The molecule has 0 fully saturated rings. The van der Waals surface area contributed by atoms with Crippen molar-refractivity contribution in [1.29, 1.82) is 0 Å². The maximum Gasteiger partial charge on any atom is 0.472 e. The van der Waals surface area contributed by atoms with Crippen molar-refractivity contribution >= 4 is 39.5 Å². The molecule has 90 heavy (non-hydrogen) atoms. The second-order valence-electron chi connectivity index (χ2n) is 27.3. The van der Waals surface area contributed by atoms with Crippen LogP contribution in [0.25, 0.3) is 0 Å². The fourth-order valence-corrected chi connectivity index (χ4v) is 12.2. The highest BCUT2D eigenvalue weighted by atomic mass is 31.2. The Hall–Kier alpha value is -1.94. The van der Waals surface area contributed by atoms with Gasteiger partial charge in [0.1, 0.15) is 19.3 Å². The molecule has 0 radical (unpaired) electrons. The van der Waals surface area contributed by atoms with E-state index in [-0.39, 0.29) is 25.7 Å². The maximum atomic E-state index is 13.0. The second kappa shape index (κ2) is 60.7. The van der Waals surface area contributed by atoms with Gasteiger partial charge in [0.25, 0.3) is 0 Å². The number of hydrogen-bond donors (Lipinski definition) is 3. The van der Waals surface area contributed by atoms with Crippen LogP contribution in [0.15, 0.2) is 0 Å². The van der Waals surface area contributed by atoms with Gasteiger partial charge in [0.2, 0.25) is 0 Å². The average Bonchev–Trinajstić information content (AvgIpc) is 3.33. The molecule has 0 saturated carbocycles. The maximum absolute atomic E-state index is 13.0. The van der Waals surface area contributed by atoms with Gasteiger partial charge in [-0.3, -0.25) is 37.3 Å². The van der Waals surface area contributed by atoms with Gasteiger partial charge in [0.15, 0.2) is 12.2 Å². The largest absolute Gasteiger partial charge is 0.472 e. The molecule has 17 nitrogen and oxygen atoms in total. The first-order valence-corrected chi connectivity index (χ1v) is 39.7. The van der Waals surface area contributed by atoms with Crippen LogP contribution in [0.5, 0.6) is 0 Å². The lowest BCUT2D eigenvalue weighted by atomic mass is 9.99. The van der Waals surface area contributed by atoms with Crippen molar-refractivity contribution < 1.29 is 80.2 Å². The minimum atomic E-state index is -4.95. The van der Waals surface area contributed by atoms with Crippen molar-refractivity contribution in [2.24, 2.45) is 23.7 Å². The Morgan fingerprint density at radius 3 is 0.789 bits per heavy atom. The quantitative estimate of drug-likeness (QED) is 0.0222. The number of aliphatic hydroxyl groups excluding tert-OH is 1. The molecule has 0 aromatic rings. The Kier molecular flexibility index (Phi) is 59.4. The zero-order chi connectivity index (χ0) is 66.8. The van der Waals surface area contributed by atoms with Crippen molar-refractivity contribution in [2.75, 3.05) is 39.6 Å². The second-order valence-corrected chi connectivity index (χ2v) is 30.2. The smallest absolute Gasteiger partial charge is 0.462 e. The van der Waals surface area contributed by atoms with Gasteiger partial charge in [-0.05, 0) is 49.4 Å². The SMILES string of the molecule is CCC(C)CCCCCCCCCCC(=O)O[C@H](COC(=O)CCCCCCCCCCC(C)C)COP(=O)(O)OCC(O)COP(=O)(O)OC[C@@H](COC(=O)CCCCCCCCCCCCCCCCCC(C)C)OC(=O)CCCCCCCCC(C)C. The third-order valence-corrected chi connectivity index (χ3v) is 18.6. The predicted octanol–water partition coefficient (Wildman–Crippen LogP) is 20.1. The summed E-state index contributed by atoms with van der Waals surface area (Å²) >= 11 is 0. The molecule has 0 aromatic carbocycles. The van der Waals surface area contributed by atoms with E-state index in [1.807, 2.05) is 0 Å². The summed E-state index contributed by atoms with van der Waals surface area (Å²) in [4.78, 5) is 72.5. The molecule has 3 N–H and O–H groups in total. The van der Waals surface area contributed by atoms with Gasteiger partial charge in [-0.25, -0.2) is 9.13 Å². The zero-order valence-electron chi connectivity index (χ0n) is 58.8. The molecule has 0 heterocycles. The zero-order valence-corrected chi connectivity index (χ0v) is 60.6. The van der Waals surface area contributed by atoms with Crippen LogP contribution < -0.4 is 0 Å². The van der Waals surface area contributed by atoms with Crippen molar-refractivity contribution in [1.82, 2.24) is 0 Å². The van der Waals surface area contributed by atoms with Crippen LogP contribution in [-0.2, 0) is 65.4 Å². The van der Waals surface area contributed by atoms with Crippen LogP contribution in [0, 0.1) is 23.7 Å². The third-order valence-electron chi connectivity index (χ3n) is 16.7. The van der Waals surface area contributed by atoms with Gasteiger partial charge < -0.3 is 33.8 Å². The summed E-state index contributed by atoms with van der Waals surface area (Å²) in [5, 5.41) is 10.6. The average molecular weight is 1330 g/mol. The van der Waals surface area contributed by atoms with Crippen LogP contribution in [0.1, 0.15) is 351 Å². The van der Waals surface area contributed by atoms with E-state index in [1.165, 1.54) is 154 Å². The summed E-state index contributed by atoms with van der Waals surface area (Å²) < 4.78 is 68.2. The number of phosphoric ester groups is 2. The first-order chi connectivity index (χ1) is 43.1. The molecule has 0 spiro atoms. The van der Waals surface area contributed by atoms with Crippen molar-refractivity contribution in [3.8, 4) is 0 Å². The van der Waals surface area contributed by atoms with Gasteiger partial charge in [0.05, 0.1) is 26.4 Å². The number of esters is 4. The van der Waals surface area contributed by atoms with Crippen LogP contribution in [-0.4, -0.2) is 96.7 Å². The molecule has 0 saturated heterocycles. The molecule has 0 amide bonds.